The van der Waals surface area contributed by atoms with Gasteiger partial charge in [-0.25, -0.2) is 9.97 Å². The predicted molar refractivity (Wildman–Crippen MR) is 584 cm³/mol. The Balaban J connectivity index is 0.000000102. The summed E-state index contributed by atoms with van der Waals surface area (Å²) in [4.78, 5) is 25.2. The van der Waals surface area contributed by atoms with E-state index >= 15 is 0 Å². The summed E-state index contributed by atoms with van der Waals surface area (Å²) in [7, 11) is 0. The summed E-state index contributed by atoms with van der Waals surface area (Å²) in [6.45, 7) is 0. The average Bonchev–Trinajstić information content (AvgIpc) is 1.54. The van der Waals surface area contributed by atoms with Gasteiger partial charge in [-0.1, -0.05) is 255 Å². The molecule has 0 atom stereocenters. The summed E-state index contributed by atoms with van der Waals surface area (Å²) in [5.74, 6) is 0.879. The summed E-state index contributed by atoms with van der Waals surface area (Å²) in [5.41, 5.74) is 41.0. The lowest BCUT2D eigenvalue weighted by molar-refractivity contribution is 0.112. The summed E-state index contributed by atoms with van der Waals surface area (Å²) in [6.07, 6.45) is 0.916. The Morgan fingerprint density at radius 1 is 0.225 bits per heavy atom. The molecule has 15 heteroatoms. The van der Waals surface area contributed by atoms with Crippen LogP contribution in [0.1, 0.15) is 10.4 Å². The number of carbonyl (C=O) groups is 1. The van der Waals surface area contributed by atoms with E-state index in [-0.39, 0.29) is 0 Å². The highest BCUT2D eigenvalue weighted by Crippen LogP contribution is 2.47. The highest BCUT2D eigenvalue weighted by atomic mass is 79.9. The fraction of sp³-hybridized carbons (Fsp3) is 0. The molecule has 138 heavy (non-hydrogen) atoms. The van der Waals surface area contributed by atoms with Gasteiger partial charge < -0.3 is 43.9 Å². The second-order valence-electron chi connectivity index (χ2n) is 34.7. The fourth-order valence-electron chi connectivity index (χ4n) is 20.6. The van der Waals surface area contributed by atoms with Crippen molar-refractivity contribution >= 4 is 230 Å². The molecule has 0 bridgehead atoms. The number of aldehydes is 1. The van der Waals surface area contributed by atoms with Gasteiger partial charge in [0.25, 0.3) is 0 Å². The van der Waals surface area contributed by atoms with Gasteiger partial charge in [-0.3, -0.25) is 9.20 Å². The molecule has 9 aromatic heterocycles. The second-order valence-corrected chi connectivity index (χ2v) is 36.4. The summed E-state index contributed by atoms with van der Waals surface area (Å²) < 4.78 is 18.8. The first-order valence-corrected chi connectivity index (χ1v) is 47.6. The molecule has 9 heterocycles. The van der Waals surface area contributed by atoms with Crippen LogP contribution in [0.15, 0.2) is 470 Å². The first-order valence-electron chi connectivity index (χ1n) is 46.0. The topological polar surface area (TPSA) is 145 Å². The number of imidazole rings is 2. The lowest BCUT2D eigenvalue weighted by Gasteiger charge is -2.11. The number of benzene rings is 20. The van der Waals surface area contributed by atoms with Crippen molar-refractivity contribution in [2.75, 3.05) is 11.5 Å². The van der Waals surface area contributed by atoms with Crippen LogP contribution < -0.4 is 11.5 Å². The number of fused-ring (bicyclic) bond motifs is 27. The van der Waals surface area contributed by atoms with Gasteiger partial charge >= 0.3 is 0 Å². The third-order valence-electron chi connectivity index (χ3n) is 26.8. The minimum atomic E-state index is 0.646. The zero-order valence-electron chi connectivity index (χ0n) is 74.3. The number of nitrogens with one attached hydrogen (secondary N) is 1. The van der Waals surface area contributed by atoms with E-state index in [0.29, 0.717) is 16.9 Å². The van der Waals surface area contributed by atoms with Crippen LogP contribution in [-0.4, -0.2) is 53.0 Å². The highest BCUT2D eigenvalue weighted by Gasteiger charge is 2.26. The quantitative estimate of drug-likeness (QED) is 0.0788. The summed E-state index contributed by atoms with van der Waals surface area (Å²) in [5, 5.41) is 18.2. The van der Waals surface area contributed by atoms with Gasteiger partial charge in [-0.2, -0.15) is 0 Å². The molecule has 0 aliphatic carbocycles. The van der Waals surface area contributed by atoms with E-state index in [1.54, 1.807) is 12.1 Å². The van der Waals surface area contributed by atoms with Crippen molar-refractivity contribution in [1.29, 1.82) is 0 Å². The molecule has 0 fully saturated rings. The van der Waals surface area contributed by atoms with Gasteiger partial charge in [-0.15, -0.1) is 0 Å². The van der Waals surface area contributed by atoms with Gasteiger partial charge in [0, 0.05) is 130 Å². The maximum Gasteiger partial charge on any atom is 0.150 e. The van der Waals surface area contributed by atoms with Crippen LogP contribution in [0.2, 0.25) is 0 Å². The molecule has 5 N–H and O–H groups in total. The lowest BCUT2D eigenvalue weighted by atomic mass is 10.0. The molecule has 0 saturated carbocycles. The van der Waals surface area contributed by atoms with Crippen molar-refractivity contribution in [1.82, 2.24) is 46.8 Å². The minimum absolute atomic E-state index is 0.646. The number of pyridine rings is 1. The Kier molecular flexibility index (Phi) is 20.4. The molecule has 0 spiro atoms. The van der Waals surface area contributed by atoms with Crippen molar-refractivity contribution in [3.05, 3.63) is 476 Å². The third-order valence-corrected chi connectivity index (χ3v) is 28.7. The Bertz CT molecular complexity index is 9740. The van der Waals surface area contributed by atoms with E-state index in [9.17, 15) is 4.79 Å². The number of nitrogen functional groups attached to an aromatic ring is 2. The largest absolute Gasteiger partial charge is 0.397 e. The smallest absolute Gasteiger partial charge is 0.150 e. The Hall–Kier alpha value is -17.6. The number of nitrogens with two attached hydrogens (primary N) is 2. The first kappa shape index (κ1) is 82.3. The second kappa shape index (κ2) is 34.1. The van der Waals surface area contributed by atoms with Crippen LogP contribution in [0.5, 0.6) is 0 Å². The van der Waals surface area contributed by atoms with Gasteiger partial charge in [0.1, 0.15) is 17.8 Å². The summed E-state index contributed by atoms with van der Waals surface area (Å²) >= 11 is 6.70. The van der Waals surface area contributed by atoms with Crippen molar-refractivity contribution in [3.63, 3.8) is 0 Å². The standard InChI is InChI=1S/C43H26N4.C37H24N4.C31H20N2O.C6H4Br2.C6H8N2/c1-3-13-27(14-4-1)45-37-20-10-8-18-30(37)33-24-41-34(25-40(33)45)32-23-31-29-17-7-11-21-38(29)47-39-22-12-9-19-36(39)44-43(47)35(31)26-42(32)46(41)28-15-5-2-6-16-28;1-3-11-25(12-4-1)40-33-18-10-7-15-27(33)29-22-36-30(23-35(29)40)28-20-19-24(37-38-31-16-8-9-17-32(31)39-37)21-34(28)41(36)26-13-5-2-6-14-26;34-20-21-15-16-25-27-19-30-26(18-31(27)33(29(25)17-21)23-11-5-2-6-12-23)24-13-7-8-14-28(24)32(30)22-9-3-1-4-10-22;2*7-5-3-1-2-4-6(5)8/h1-26H;1-23H,(H,38,39);1-20H;1-4H;1-4H,7-8H2. The molecule has 0 saturated heterocycles. The molecule has 0 aliphatic rings. The molecule has 0 amide bonds. The monoisotopic (exact) mass is 1900 g/mol. The van der Waals surface area contributed by atoms with Crippen molar-refractivity contribution < 1.29 is 4.79 Å². The van der Waals surface area contributed by atoms with Crippen molar-refractivity contribution in [3.8, 4) is 45.5 Å². The van der Waals surface area contributed by atoms with Crippen LogP contribution >= 0.6 is 31.9 Å². The predicted octanol–water partition coefficient (Wildman–Crippen LogP) is 32.2. The molecule has 29 aromatic rings. The maximum absolute atomic E-state index is 11.6. The van der Waals surface area contributed by atoms with Gasteiger partial charge in [-0.05, 0) is 244 Å². The van der Waals surface area contributed by atoms with Crippen molar-refractivity contribution in [2.45, 2.75) is 0 Å². The molecule has 0 aliphatic heterocycles. The van der Waals surface area contributed by atoms with Crippen LogP contribution in [0, 0.1) is 0 Å². The number of nitrogens with zero attached hydrogens (tertiary/aromatic N) is 9. The number of anilines is 2. The third kappa shape index (κ3) is 13.9. The molecule has 29 rings (SSSR count). The number of hydrogen-bond acceptors (Lipinski definition) is 5. The van der Waals surface area contributed by atoms with E-state index in [1.807, 2.05) is 78.9 Å². The maximum atomic E-state index is 11.6. The molecular weight excluding hydrogens is 1820 g/mol. The molecule has 20 aromatic carbocycles. The van der Waals surface area contributed by atoms with Crippen LogP contribution in [0.25, 0.3) is 226 Å². The average molecular weight is 1900 g/mol. The normalized spacial score (nSPS) is 11.6. The van der Waals surface area contributed by atoms with Crippen molar-refractivity contribution in [2.24, 2.45) is 0 Å². The highest BCUT2D eigenvalue weighted by molar-refractivity contribution is 9.13. The zero-order valence-corrected chi connectivity index (χ0v) is 77.5. The van der Waals surface area contributed by atoms with Gasteiger partial charge in [0.05, 0.1) is 105 Å². The Labute approximate surface area is 807 Å². The summed E-state index contributed by atoms with van der Waals surface area (Å²) in [6, 6.07) is 162. The van der Waals surface area contributed by atoms with Gasteiger partial charge in [0.2, 0.25) is 0 Å². The van der Waals surface area contributed by atoms with E-state index in [1.165, 1.54) is 125 Å². The van der Waals surface area contributed by atoms with E-state index < -0.39 is 0 Å². The molecule has 0 radical (unpaired) electrons. The fourth-order valence-corrected chi connectivity index (χ4v) is 21.2. The van der Waals surface area contributed by atoms with E-state index in [0.717, 1.165) is 116 Å². The number of carbonyl (C=O) groups excluding carboxylic acids is 1. The first-order chi connectivity index (χ1) is 68.1. The molecule has 654 valence electrons. The number of aromatic amines is 1. The molecular formula is C123H82Br2N12O. The van der Waals surface area contributed by atoms with E-state index in [4.69, 9.17) is 21.4 Å². The van der Waals surface area contributed by atoms with Crippen LogP contribution in [-0.2, 0) is 0 Å². The number of halogens is 2. The van der Waals surface area contributed by atoms with Crippen LogP contribution in [0.4, 0.5) is 11.4 Å². The van der Waals surface area contributed by atoms with E-state index in [2.05, 4.69) is 439 Å². The number of para-hydroxylation sites is 16. The Morgan fingerprint density at radius 3 is 0.906 bits per heavy atom. The molecule has 13 nitrogen and oxygen atoms in total. The lowest BCUT2D eigenvalue weighted by Crippen LogP contribution is -1.95. The minimum Gasteiger partial charge on any atom is -0.397 e. The van der Waals surface area contributed by atoms with Crippen LogP contribution in [0.3, 0.4) is 0 Å². The van der Waals surface area contributed by atoms with Gasteiger partial charge in [0.15, 0.2) is 0 Å². The SMILES string of the molecule is Brc1ccccc1Br.Nc1ccccc1N.O=Cc1ccc2c3cc4c(cc3n(-c3ccccc3)c2c1)c1ccccc1n4-c1ccccc1.c1ccc(-n2c3ccccc3c3cc4c(cc32)c2cc3c5ccccc5n5c6ccccc6nc5c3cc2n4-c2ccccc2)cc1.c1ccc(-n2c3ccccc3c3cc4c(cc32)c2ccc(-c3nc5ccccc5[nH]3)cc2n4-c2ccccc2)cc1. The Morgan fingerprint density at radius 2 is 0.514 bits per heavy atom. The number of H-pyrrole nitrogens is 1. The number of rotatable bonds is 8. The zero-order chi connectivity index (χ0) is 92.2. The molecule has 0 unspecified atom stereocenters. The number of hydrogen-bond donors (Lipinski definition) is 3. The number of aromatic nitrogens is 10.